The van der Waals surface area contributed by atoms with Gasteiger partial charge < -0.3 is 29.8 Å². The van der Waals surface area contributed by atoms with Gasteiger partial charge in [0.1, 0.15) is 0 Å². The first-order valence-electron chi connectivity index (χ1n) is 1.51. The van der Waals surface area contributed by atoms with Crippen LogP contribution in [0.5, 0.6) is 0 Å². The smallest absolute Gasteiger partial charge is 0.871 e. The molecule has 0 aromatic rings. The first-order chi connectivity index (χ1) is 3.73. The molecule has 0 aliphatic rings. The minimum absolute atomic E-state index is 0. The summed E-state index contributed by atoms with van der Waals surface area (Å²) in [6.07, 6.45) is 0. The van der Waals surface area contributed by atoms with Crippen LogP contribution in [0.2, 0.25) is 0 Å². The van der Waals surface area contributed by atoms with Crippen molar-refractivity contribution < 1.29 is 93.4 Å². The largest absolute Gasteiger partial charge is 1.00 e. The molecule has 0 bridgehead atoms. The summed E-state index contributed by atoms with van der Waals surface area (Å²) >= 11 is 0. The molecule has 0 aliphatic carbocycles. The molecule has 0 saturated heterocycles. The van der Waals surface area contributed by atoms with Crippen LogP contribution in [-0.2, 0) is 4.57 Å². The average Bonchev–Trinajstić information content (AvgIpc) is 1.19. The number of rotatable bonds is 0. The molecular weight excluding hydrogens is 200 g/mol. The molecule has 0 fully saturated rings. The quantitative estimate of drug-likeness (QED) is 0.226. The van der Waals surface area contributed by atoms with E-state index in [1.165, 1.54) is 0 Å². The maximum Gasteiger partial charge on any atom is 1.00 e. The molecule has 0 aliphatic heterocycles. The van der Waals surface area contributed by atoms with Gasteiger partial charge in [0.15, 0.2) is 0 Å². The molecule has 7 nitrogen and oxygen atoms in total. The second-order valence-corrected chi connectivity index (χ2v) is 1.85. The van der Waals surface area contributed by atoms with Crippen LogP contribution in [0.25, 0.3) is 0 Å². The summed E-state index contributed by atoms with van der Waals surface area (Å²) in [4.78, 5) is 21.6. The van der Waals surface area contributed by atoms with E-state index in [2.05, 4.69) is 0 Å². The molecule has 0 rings (SSSR count). The number of hydrogen-bond acceptors (Lipinski definition) is 4. The van der Waals surface area contributed by atoms with E-state index >= 15 is 0 Å². The molecule has 4 N–H and O–H groups in total. The van der Waals surface area contributed by atoms with E-state index in [-0.39, 0.29) is 59.1 Å². The predicted molar refractivity (Wildman–Crippen MR) is 22.2 cm³/mol. The topological polar surface area (TPSA) is 144 Å². The van der Waals surface area contributed by atoms with E-state index in [0.717, 1.165) is 0 Å². The van der Waals surface area contributed by atoms with Gasteiger partial charge >= 0.3 is 66.9 Å². The van der Waals surface area contributed by atoms with Crippen molar-refractivity contribution in [3.05, 3.63) is 0 Å². The molecular formula is H4BNa2O7P. The fourth-order valence-electron chi connectivity index (χ4n) is 0. The molecule has 0 atom stereocenters. The van der Waals surface area contributed by atoms with Crippen molar-refractivity contribution >= 4 is 15.1 Å². The van der Waals surface area contributed by atoms with Crippen LogP contribution in [0.15, 0.2) is 0 Å². The van der Waals surface area contributed by atoms with Crippen LogP contribution in [-0.4, -0.2) is 27.0 Å². The minimum Gasteiger partial charge on any atom is -0.871 e. The van der Waals surface area contributed by atoms with Crippen molar-refractivity contribution in [2.75, 3.05) is 0 Å². The fraction of sp³-hybridized carbons (Fsp3) is 0. The molecule has 0 radical (unpaired) electrons. The monoisotopic (exact) mass is 204 g/mol. The Morgan fingerprint density at radius 3 is 1.09 bits per heavy atom. The van der Waals surface area contributed by atoms with Crippen molar-refractivity contribution in [3.8, 4) is 0 Å². The Labute approximate surface area is 107 Å². The molecule has 0 saturated carbocycles. The Bertz CT molecular complexity index is 87.6. The minimum atomic E-state index is -4.64. The van der Waals surface area contributed by atoms with Gasteiger partial charge in [-0.15, -0.1) is 0 Å². The third-order valence-electron chi connectivity index (χ3n) is 0. The summed E-state index contributed by atoms with van der Waals surface area (Å²) in [5, 5.41) is 24.0. The normalized spacial score (nSPS) is 7.82. The van der Waals surface area contributed by atoms with Crippen molar-refractivity contribution in [2.45, 2.75) is 0 Å². The van der Waals surface area contributed by atoms with Crippen LogP contribution in [0, 0.1) is 0 Å². The summed E-state index contributed by atoms with van der Waals surface area (Å²) in [5.41, 5.74) is 0. The van der Waals surface area contributed by atoms with Crippen LogP contribution in [0.1, 0.15) is 0 Å². The van der Waals surface area contributed by atoms with Crippen LogP contribution in [0.3, 0.4) is 0 Å². The molecule has 56 valence electrons. The Kier molecular flexibility index (Phi) is 25.4. The van der Waals surface area contributed by atoms with Gasteiger partial charge in [-0.05, 0) is 0 Å². The van der Waals surface area contributed by atoms with Crippen molar-refractivity contribution in [1.82, 2.24) is 0 Å². The van der Waals surface area contributed by atoms with E-state index in [4.69, 9.17) is 34.3 Å². The van der Waals surface area contributed by atoms with Crippen molar-refractivity contribution in [2.24, 2.45) is 0 Å². The molecule has 11 heteroatoms. The maximum atomic E-state index is 8.88. The maximum absolute atomic E-state index is 8.88. The Morgan fingerprint density at radius 2 is 1.09 bits per heavy atom. The van der Waals surface area contributed by atoms with E-state index in [1.54, 1.807) is 0 Å². The van der Waals surface area contributed by atoms with Crippen molar-refractivity contribution in [3.63, 3.8) is 0 Å². The zero-order valence-corrected chi connectivity index (χ0v) is 10.9. The average molecular weight is 204 g/mol. The Balaban J connectivity index is -0.0000000383. The van der Waals surface area contributed by atoms with Gasteiger partial charge in [-0.25, -0.2) is 4.57 Å². The molecule has 11 heavy (non-hydrogen) atoms. The van der Waals surface area contributed by atoms with Gasteiger partial charge in [-0.3, -0.25) is 0 Å². The summed E-state index contributed by atoms with van der Waals surface area (Å²) in [5.74, 6) is 0. The summed E-state index contributed by atoms with van der Waals surface area (Å²) < 4.78 is 8.88. The van der Waals surface area contributed by atoms with Crippen LogP contribution < -0.4 is 69.2 Å². The number of phosphoric acid groups is 1. The van der Waals surface area contributed by atoms with E-state index in [1.807, 2.05) is 0 Å². The van der Waals surface area contributed by atoms with Crippen LogP contribution in [0.4, 0.5) is 0 Å². The van der Waals surface area contributed by atoms with Crippen molar-refractivity contribution in [1.29, 1.82) is 0 Å². The SMILES string of the molecule is O=P(O)(O)O.[Na+].[Na+].[O-]B([O-])O. The summed E-state index contributed by atoms with van der Waals surface area (Å²) in [6, 6.07) is 0. The van der Waals surface area contributed by atoms with Gasteiger partial charge in [-0.2, -0.15) is 0 Å². The predicted octanol–water partition coefficient (Wildman–Crippen LogP) is -10.2. The summed E-state index contributed by atoms with van der Waals surface area (Å²) in [6.45, 7) is 0. The van der Waals surface area contributed by atoms with Gasteiger partial charge in [0.2, 0.25) is 0 Å². The van der Waals surface area contributed by atoms with Crippen LogP contribution >= 0.6 is 7.82 Å². The van der Waals surface area contributed by atoms with Gasteiger partial charge in [0.05, 0.1) is 7.32 Å². The first kappa shape index (κ1) is 23.1. The molecule has 0 spiro atoms. The number of hydrogen-bond donors (Lipinski definition) is 4. The Morgan fingerprint density at radius 1 is 1.09 bits per heavy atom. The molecule has 0 unspecified atom stereocenters. The van der Waals surface area contributed by atoms with Gasteiger partial charge in [-0.1, -0.05) is 0 Å². The van der Waals surface area contributed by atoms with Gasteiger partial charge in [0.25, 0.3) is 0 Å². The second kappa shape index (κ2) is 12.1. The Hall–Kier alpha value is 2.05. The van der Waals surface area contributed by atoms with E-state index in [9.17, 15) is 0 Å². The summed E-state index contributed by atoms with van der Waals surface area (Å²) in [7, 11) is -7.31. The zero-order valence-electron chi connectivity index (χ0n) is 6.04. The second-order valence-electron chi connectivity index (χ2n) is 0.820. The molecule has 0 aromatic heterocycles. The van der Waals surface area contributed by atoms with Gasteiger partial charge in [0, 0.05) is 0 Å². The third-order valence-corrected chi connectivity index (χ3v) is 0. The first-order valence-corrected chi connectivity index (χ1v) is 3.08. The fourth-order valence-corrected chi connectivity index (χ4v) is 0. The van der Waals surface area contributed by atoms with E-state index < -0.39 is 15.1 Å². The molecule has 0 aromatic carbocycles. The van der Waals surface area contributed by atoms with E-state index in [0.29, 0.717) is 0 Å². The molecule has 0 heterocycles. The standard InChI is InChI=1S/BHO3.2Na.H3O4P/c2-1(3)4;;;1-5(2,3)4/h2H;;;(H3,1,2,3,4)/q-2;2*+1;. The molecule has 0 amide bonds. The third kappa shape index (κ3) is 289. The zero-order chi connectivity index (χ0) is 8.08.